The van der Waals surface area contributed by atoms with Gasteiger partial charge in [0.15, 0.2) is 0 Å². The molecule has 8 nitrogen and oxygen atoms in total. The fourth-order valence-corrected chi connectivity index (χ4v) is 6.23. The Morgan fingerprint density at radius 2 is 1.84 bits per heavy atom. The third-order valence-corrected chi connectivity index (χ3v) is 8.65. The Balaban J connectivity index is 1.81. The maximum Gasteiger partial charge on any atom is 0.251 e. The average Bonchev–Trinajstić information content (AvgIpc) is 2.86. The Labute approximate surface area is 229 Å². The maximum absolute atomic E-state index is 13.6. The van der Waals surface area contributed by atoms with Crippen molar-refractivity contribution < 1.29 is 19.0 Å². The lowest BCUT2D eigenvalue weighted by atomic mass is 9.92. The van der Waals surface area contributed by atoms with E-state index in [-0.39, 0.29) is 11.3 Å². The zero-order chi connectivity index (χ0) is 27.8. The molecule has 1 aliphatic rings. The molecule has 0 saturated carbocycles. The summed E-state index contributed by atoms with van der Waals surface area (Å²) in [7, 11) is -2.93. The van der Waals surface area contributed by atoms with Crippen LogP contribution >= 0.6 is 10.8 Å². The standard InChI is InChI=1S/C29H46N4O4S/c1-5-31-24-18-23(19-25(20-24)33-15-9-10-16-38(33,36)37)28(35)32-26(17-22-11-7-6-8-12-22)27(34)21-30-14-13-29(2,3)4/h6-8,11-12,18-20,26-27,30-31,34,36-37H,5,9-10,13-17,21H2,1-4H3,(H,32,35)/t26-,27+/m0/s1. The number of nitrogens with zero attached hydrogens (tertiary/aromatic N) is 1. The number of anilines is 2. The Bertz CT molecular complexity index is 1030. The van der Waals surface area contributed by atoms with Crippen LogP contribution in [0.4, 0.5) is 11.4 Å². The van der Waals surface area contributed by atoms with E-state index in [1.807, 2.05) is 43.3 Å². The number of amides is 1. The molecule has 6 N–H and O–H groups in total. The third-order valence-electron chi connectivity index (χ3n) is 6.72. The van der Waals surface area contributed by atoms with Gasteiger partial charge < -0.3 is 21.1 Å². The SMILES string of the molecule is CCNc1cc(C(=O)N[C@@H](Cc2ccccc2)[C@H](O)CNCCC(C)(C)C)cc(N2CCCCS2(O)O)c1. The number of aliphatic hydroxyl groups is 1. The molecule has 3 rings (SSSR count). The average molecular weight is 547 g/mol. The number of rotatable bonds is 12. The number of nitrogens with one attached hydrogen (secondary N) is 3. The Morgan fingerprint density at radius 1 is 1.11 bits per heavy atom. The van der Waals surface area contributed by atoms with Crippen LogP contribution in [-0.2, 0) is 6.42 Å². The van der Waals surface area contributed by atoms with E-state index in [1.54, 1.807) is 16.4 Å². The monoisotopic (exact) mass is 546 g/mol. The van der Waals surface area contributed by atoms with Crippen LogP contribution in [-0.4, -0.2) is 64.2 Å². The van der Waals surface area contributed by atoms with Crippen molar-refractivity contribution in [2.45, 2.75) is 65.5 Å². The van der Waals surface area contributed by atoms with Crippen LogP contribution in [0.15, 0.2) is 48.5 Å². The first-order valence-electron chi connectivity index (χ1n) is 13.6. The predicted molar refractivity (Wildman–Crippen MR) is 159 cm³/mol. The molecule has 9 heteroatoms. The minimum Gasteiger partial charge on any atom is -0.390 e. The third kappa shape index (κ3) is 9.17. The molecular formula is C29H46N4O4S. The van der Waals surface area contributed by atoms with Crippen molar-refractivity contribution in [3.8, 4) is 0 Å². The highest BCUT2D eigenvalue weighted by Gasteiger charge is 2.28. The largest absolute Gasteiger partial charge is 0.390 e. The molecule has 212 valence electrons. The molecule has 0 unspecified atom stereocenters. The summed E-state index contributed by atoms with van der Waals surface area (Å²) in [5, 5.41) is 20.8. The summed E-state index contributed by atoms with van der Waals surface area (Å²) in [5.41, 5.74) is 2.97. The number of hydrogen-bond donors (Lipinski definition) is 6. The van der Waals surface area contributed by atoms with Gasteiger partial charge in [0.25, 0.3) is 5.91 Å². The highest BCUT2D eigenvalue weighted by atomic mass is 32.3. The van der Waals surface area contributed by atoms with Crippen LogP contribution in [0, 0.1) is 5.41 Å². The lowest BCUT2D eigenvalue weighted by Gasteiger charge is -2.47. The first kappa shape index (κ1) is 30.2. The summed E-state index contributed by atoms with van der Waals surface area (Å²) in [6.07, 6.45) is 2.30. The van der Waals surface area contributed by atoms with Gasteiger partial charge in [0.2, 0.25) is 0 Å². The number of carbonyl (C=O) groups excluding carboxylic acids is 1. The van der Waals surface area contributed by atoms with Gasteiger partial charge in [-0.2, -0.15) is 0 Å². The van der Waals surface area contributed by atoms with Gasteiger partial charge in [0.1, 0.15) is 0 Å². The van der Waals surface area contributed by atoms with Crippen molar-refractivity contribution >= 4 is 28.1 Å². The molecule has 2 atom stereocenters. The second-order valence-corrected chi connectivity index (χ2v) is 13.4. The molecule has 1 amide bonds. The van der Waals surface area contributed by atoms with E-state index in [4.69, 9.17) is 0 Å². The summed E-state index contributed by atoms with van der Waals surface area (Å²) in [5.74, 6) is 0.0159. The van der Waals surface area contributed by atoms with Crippen molar-refractivity contribution in [1.82, 2.24) is 10.6 Å². The first-order valence-corrected chi connectivity index (χ1v) is 15.3. The van der Waals surface area contributed by atoms with Crippen LogP contribution < -0.4 is 20.3 Å². The molecule has 1 heterocycles. The topological polar surface area (TPSA) is 117 Å². The number of hydrogen-bond acceptors (Lipinski definition) is 7. The van der Waals surface area contributed by atoms with Gasteiger partial charge in [-0.15, -0.1) is 10.8 Å². The smallest absolute Gasteiger partial charge is 0.251 e. The molecule has 38 heavy (non-hydrogen) atoms. The number of aliphatic hydroxyl groups excluding tert-OH is 1. The summed E-state index contributed by atoms with van der Waals surface area (Å²) < 4.78 is 23.0. The maximum atomic E-state index is 13.6. The van der Waals surface area contributed by atoms with Gasteiger partial charge in [-0.25, -0.2) is 0 Å². The minimum atomic E-state index is -2.93. The van der Waals surface area contributed by atoms with Gasteiger partial charge in [0, 0.05) is 30.9 Å². The molecular weight excluding hydrogens is 500 g/mol. The van der Waals surface area contributed by atoms with E-state index < -0.39 is 22.9 Å². The van der Waals surface area contributed by atoms with Crippen molar-refractivity contribution in [2.75, 3.05) is 41.6 Å². The molecule has 2 aromatic carbocycles. The molecule has 0 radical (unpaired) electrons. The van der Waals surface area contributed by atoms with Gasteiger partial charge in [-0.3, -0.25) is 18.2 Å². The lowest BCUT2D eigenvalue weighted by molar-refractivity contribution is 0.0829. The second kappa shape index (κ2) is 13.7. The van der Waals surface area contributed by atoms with Crippen molar-refractivity contribution in [3.05, 3.63) is 59.7 Å². The number of carbonyl (C=O) groups is 1. The molecule has 0 aromatic heterocycles. The van der Waals surface area contributed by atoms with E-state index in [2.05, 4.69) is 36.7 Å². The number of benzene rings is 2. The highest BCUT2D eigenvalue weighted by molar-refractivity contribution is 8.25. The van der Waals surface area contributed by atoms with Crippen LogP contribution in [0.1, 0.15) is 62.9 Å². The molecule has 0 aliphatic carbocycles. The molecule has 1 fully saturated rings. The normalized spacial score (nSPS) is 17.9. The summed E-state index contributed by atoms with van der Waals surface area (Å²) in [6, 6.07) is 14.7. The van der Waals surface area contributed by atoms with Crippen LogP contribution in [0.5, 0.6) is 0 Å². The Kier molecular flexibility index (Phi) is 10.9. The van der Waals surface area contributed by atoms with Gasteiger partial charge in [-0.1, -0.05) is 51.1 Å². The molecule has 1 aliphatic heterocycles. The van der Waals surface area contributed by atoms with E-state index in [0.29, 0.717) is 43.1 Å². The quantitative estimate of drug-likeness (QED) is 0.205. The molecule has 0 bridgehead atoms. The Hall–Kier alpha value is -2.30. The van der Waals surface area contributed by atoms with Crippen LogP contribution in [0.2, 0.25) is 0 Å². The molecule has 1 saturated heterocycles. The van der Waals surface area contributed by atoms with E-state index in [9.17, 15) is 19.0 Å². The van der Waals surface area contributed by atoms with Crippen LogP contribution in [0.25, 0.3) is 0 Å². The molecule has 0 spiro atoms. The first-order chi connectivity index (χ1) is 18.0. The van der Waals surface area contributed by atoms with Crippen LogP contribution in [0.3, 0.4) is 0 Å². The minimum absolute atomic E-state index is 0.196. The molecule has 2 aromatic rings. The van der Waals surface area contributed by atoms with Gasteiger partial charge >= 0.3 is 0 Å². The van der Waals surface area contributed by atoms with Crippen molar-refractivity contribution in [1.29, 1.82) is 0 Å². The lowest BCUT2D eigenvalue weighted by Crippen LogP contribution is -2.49. The Morgan fingerprint density at radius 3 is 2.50 bits per heavy atom. The van der Waals surface area contributed by atoms with Gasteiger partial charge in [0.05, 0.1) is 23.6 Å². The van der Waals surface area contributed by atoms with E-state index in [0.717, 1.165) is 37.1 Å². The summed E-state index contributed by atoms with van der Waals surface area (Å²) >= 11 is 0. The zero-order valence-electron chi connectivity index (χ0n) is 23.2. The zero-order valence-corrected chi connectivity index (χ0v) is 24.1. The van der Waals surface area contributed by atoms with Crippen molar-refractivity contribution in [3.63, 3.8) is 0 Å². The predicted octanol–water partition coefficient (Wildman–Crippen LogP) is 5.11. The second-order valence-electron chi connectivity index (χ2n) is 11.3. The van der Waals surface area contributed by atoms with Gasteiger partial charge in [-0.05, 0) is 68.3 Å². The summed E-state index contributed by atoms with van der Waals surface area (Å²) in [4.78, 5) is 13.6. The fourth-order valence-electron chi connectivity index (χ4n) is 4.56. The van der Waals surface area contributed by atoms with E-state index >= 15 is 0 Å². The fraction of sp³-hybridized carbons (Fsp3) is 0.552. The van der Waals surface area contributed by atoms with E-state index in [1.165, 1.54) is 0 Å². The summed E-state index contributed by atoms with van der Waals surface area (Å²) in [6.45, 7) is 10.9. The highest BCUT2D eigenvalue weighted by Crippen LogP contribution is 2.50. The van der Waals surface area contributed by atoms with Crippen molar-refractivity contribution in [2.24, 2.45) is 5.41 Å².